The third kappa shape index (κ3) is 3.45. The molecule has 5 rings (SSSR count). The second kappa shape index (κ2) is 7.85. The molecule has 0 atom stereocenters. The molecule has 1 saturated heterocycles. The molecule has 0 N–H and O–H groups in total. The highest BCUT2D eigenvalue weighted by Gasteiger charge is 2.53. The van der Waals surface area contributed by atoms with E-state index in [-0.39, 0.29) is 23.4 Å². The average molecular weight is 441 g/mol. The molecule has 3 aromatic rings. The summed E-state index contributed by atoms with van der Waals surface area (Å²) in [5.74, 6) is -1.02. The van der Waals surface area contributed by atoms with E-state index >= 15 is 0 Å². The van der Waals surface area contributed by atoms with E-state index in [1.54, 1.807) is 28.1 Å². The summed E-state index contributed by atoms with van der Waals surface area (Å²) in [5, 5.41) is 3.89. The van der Waals surface area contributed by atoms with E-state index in [4.69, 9.17) is 9.26 Å². The number of hydrogen-bond acceptors (Lipinski definition) is 6. The summed E-state index contributed by atoms with van der Waals surface area (Å²) >= 11 is 0. The van der Waals surface area contributed by atoms with Gasteiger partial charge in [-0.15, -0.1) is 0 Å². The van der Waals surface area contributed by atoms with Gasteiger partial charge in [-0.3, -0.25) is 4.90 Å². The van der Waals surface area contributed by atoms with Gasteiger partial charge in [0.05, 0.1) is 31.1 Å². The van der Waals surface area contributed by atoms with Gasteiger partial charge in [-0.25, -0.2) is 23.5 Å². The quantitative estimate of drug-likeness (QED) is 0.590. The molecular weight excluding hydrogens is 420 g/mol. The standard InChI is InChI=1S/C22H21F2N5O3/c1-31-18-6-5-17(12-25-18)28-13-22(7-3-2-4-8-22)29(21(28)30)20-26-19(27-32-20)14-9-15(23)11-16(24)10-14/h5-6,9-12H,2-4,7-8,13H2,1H3. The van der Waals surface area contributed by atoms with Crippen molar-refractivity contribution in [1.82, 2.24) is 15.1 Å². The molecule has 32 heavy (non-hydrogen) atoms. The van der Waals surface area contributed by atoms with Crippen LogP contribution in [0.15, 0.2) is 41.1 Å². The number of pyridine rings is 1. The molecule has 0 unspecified atom stereocenters. The molecule has 1 saturated carbocycles. The Hall–Kier alpha value is -3.56. The maximum absolute atomic E-state index is 13.6. The van der Waals surface area contributed by atoms with Crippen LogP contribution >= 0.6 is 0 Å². The molecule has 2 aromatic heterocycles. The van der Waals surface area contributed by atoms with Gasteiger partial charge in [0.25, 0.3) is 0 Å². The number of carbonyl (C=O) groups excluding carboxylic acids is 1. The molecule has 1 aliphatic carbocycles. The van der Waals surface area contributed by atoms with Crippen LogP contribution in [0.5, 0.6) is 5.88 Å². The highest BCUT2D eigenvalue weighted by Crippen LogP contribution is 2.43. The van der Waals surface area contributed by atoms with Gasteiger partial charge in [-0.05, 0) is 31.0 Å². The monoisotopic (exact) mass is 441 g/mol. The molecule has 1 spiro atoms. The van der Waals surface area contributed by atoms with E-state index in [1.807, 2.05) is 0 Å². The number of nitrogens with zero attached hydrogens (tertiary/aromatic N) is 5. The van der Waals surface area contributed by atoms with Crippen molar-refractivity contribution >= 4 is 17.7 Å². The van der Waals surface area contributed by atoms with Gasteiger partial charge in [-0.1, -0.05) is 24.4 Å². The third-order valence-electron chi connectivity index (χ3n) is 6.10. The van der Waals surface area contributed by atoms with Crippen molar-refractivity contribution in [2.45, 2.75) is 37.6 Å². The summed E-state index contributed by atoms with van der Waals surface area (Å²) in [7, 11) is 1.53. The Balaban J connectivity index is 1.52. The summed E-state index contributed by atoms with van der Waals surface area (Å²) in [4.78, 5) is 25.3. The minimum atomic E-state index is -0.745. The van der Waals surface area contributed by atoms with Crippen molar-refractivity contribution in [1.29, 1.82) is 0 Å². The Kier molecular flexibility index (Phi) is 4.99. The Bertz CT molecular complexity index is 1120. The number of rotatable bonds is 4. The highest BCUT2D eigenvalue weighted by atomic mass is 19.1. The molecule has 0 radical (unpaired) electrons. The molecule has 2 amide bonds. The van der Waals surface area contributed by atoms with E-state index in [0.29, 0.717) is 18.1 Å². The number of ether oxygens (including phenoxy) is 1. The normalized spacial score (nSPS) is 17.9. The number of benzene rings is 1. The fourth-order valence-corrected chi connectivity index (χ4v) is 4.59. The third-order valence-corrected chi connectivity index (χ3v) is 6.10. The van der Waals surface area contributed by atoms with E-state index < -0.39 is 17.2 Å². The molecule has 1 aromatic carbocycles. The zero-order valence-corrected chi connectivity index (χ0v) is 17.4. The van der Waals surface area contributed by atoms with Gasteiger partial charge in [0.1, 0.15) is 11.6 Å². The van der Waals surface area contributed by atoms with E-state index in [1.165, 1.54) is 7.11 Å². The number of urea groups is 1. The maximum Gasteiger partial charge on any atom is 0.333 e. The Morgan fingerprint density at radius 2 is 1.84 bits per heavy atom. The van der Waals surface area contributed by atoms with Crippen LogP contribution in [0.2, 0.25) is 0 Å². The van der Waals surface area contributed by atoms with Crippen molar-refractivity contribution < 1.29 is 22.8 Å². The van der Waals surface area contributed by atoms with Crippen LogP contribution in [-0.4, -0.2) is 40.3 Å². The van der Waals surface area contributed by atoms with Gasteiger partial charge in [0.15, 0.2) is 0 Å². The van der Waals surface area contributed by atoms with Crippen molar-refractivity contribution in [2.75, 3.05) is 23.5 Å². The largest absolute Gasteiger partial charge is 0.481 e. The second-order valence-corrected chi connectivity index (χ2v) is 8.11. The zero-order valence-electron chi connectivity index (χ0n) is 17.4. The lowest BCUT2D eigenvalue weighted by Gasteiger charge is -2.37. The summed E-state index contributed by atoms with van der Waals surface area (Å²) < 4.78 is 37.8. The molecular formula is C22H21F2N5O3. The van der Waals surface area contributed by atoms with Gasteiger partial charge in [0.2, 0.25) is 11.7 Å². The summed E-state index contributed by atoms with van der Waals surface area (Å²) in [6, 6.07) is 6.19. The minimum Gasteiger partial charge on any atom is -0.481 e. The highest BCUT2D eigenvalue weighted by molar-refractivity contribution is 6.06. The average Bonchev–Trinajstić information content (AvgIpc) is 3.37. The first-order valence-corrected chi connectivity index (χ1v) is 10.4. The topological polar surface area (TPSA) is 84.6 Å². The predicted molar refractivity (Wildman–Crippen MR) is 111 cm³/mol. The number of hydrogen-bond donors (Lipinski definition) is 0. The van der Waals surface area contributed by atoms with Gasteiger partial charge in [-0.2, -0.15) is 4.98 Å². The first-order valence-electron chi connectivity index (χ1n) is 10.4. The SMILES string of the molecule is COc1ccc(N2CC3(CCCCC3)N(c3nc(-c4cc(F)cc(F)c4)no3)C2=O)cn1. The van der Waals surface area contributed by atoms with Crippen molar-refractivity contribution in [3.05, 3.63) is 48.2 Å². The van der Waals surface area contributed by atoms with Gasteiger partial charge in [0, 0.05) is 17.7 Å². The second-order valence-electron chi connectivity index (χ2n) is 8.11. The number of amides is 2. The molecule has 2 aliphatic rings. The Morgan fingerprint density at radius 3 is 2.50 bits per heavy atom. The Morgan fingerprint density at radius 1 is 1.09 bits per heavy atom. The van der Waals surface area contributed by atoms with Crippen molar-refractivity contribution in [3.63, 3.8) is 0 Å². The van der Waals surface area contributed by atoms with Crippen LogP contribution in [-0.2, 0) is 0 Å². The molecule has 10 heteroatoms. The summed E-state index contributed by atoms with van der Waals surface area (Å²) in [5.41, 5.74) is 0.264. The first kappa shape index (κ1) is 20.3. The molecule has 8 nitrogen and oxygen atoms in total. The minimum absolute atomic E-state index is 0.0144. The number of aromatic nitrogens is 3. The lowest BCUT2D eigenvalue weighted by Crippen LogP contribution is -2.49. The van der Waals surface area contributed by atoms with Crippen molar-refractivity contribution in [3.8, 4) is 17.3 Å². The number of carbonyl (C=O) groups is 1. The predicted octanol–water partition coefficient (Wildman–Crippen LogP) is 4.57. The first-order chi connectivity index (χ1) is 15.5. The molecule has 1 aliphatic heterocycles. The summed E-state index contributed by atoms with van der Waals surface area (Å²) in [6.45, 7) is 0.451. The van der Waals surface area contributed by atoms with Crippen LogP contribution in [0.3, 0.4) is 0 Å². The van der Waals surface area contributed by atoms with Crippen LogP contribution in [0, 0.1) is 11.6 Å². The fraction of sp³-hybridized carbons (Fsp3) is 0.364. The van der Waals surface area contributed by atoms with Gasteiger partial charge >= 0.3 is 12.0 Å². The summed E-state index contributed by atoms with van der Waals surface area (Å²) in [6.07, 6.45) is 6.18. The van der Waals surface area contributed by atoms with Crippen LogP contribution in [0.4, 0.5) is 25.3 Å². The molecule has 0 bridgehead atoms. The Labute approximate surface area is 182 Å². The van der Waals surface area contributed by atoms with E-state index in [0.717, 1.165) is 50.3 Å². The number of methoxy groups -OCH3 is 1. The van der Waals surface area contributed by atoms with Crippen LogP contribution < -0.4 is 14.5 Å². The van der Waals surface area contributed by atoms with Crippen LogP contribution in [0.25, 0.3) is 11.4 Å². The van der Waals surface area contributed by atoms with Gasteiger partial charge < -0.3 is 9.26 Å². The van der Waals surface area contributed by atoms with Crippen LogP contribution in [0.1, 0.15) is 32.1 Å². The fourth-order valence-electron chi connectivity index (χ4n) is 4.59. The lowest BCUT2D eigenvalue weighted by atomic mass is 9.81. The number of halogens is 2. The smallest absolute Gasteiger partial charge is 0.333 e. The number of anilines is 2. The molecule has 3 heterocycles. The maximum atomic E-state index is 13.6. The van der Waals surface area contributed by atoms with E-state index in [9.17, 15) is 13.6 Å². The lowest BCUT2D eigenvalue weighted by molar-refractivity contribution is 0.245. The zero-order chi connectivity index (χ0) is 22.3. The molecule has 166 valence electrons. The molecule has 2 fully saturated rings. The van der Waals surface area contributed by atoms with Crippen molar-refractivity contribution in [2.24, 2.45) is 0 Å². The van der Waals surface area contributed by atoms with E-state index in [2.05, 4.69) is 15.1 Å².